The molecule has 0 aromatic carbocycles. The van der Waals surface area contributed by atoms with Crippen molar-refractivity contribution < 1.29 is 18.3 Å². The number of hydrogen-bond donors (Lipinski definition) is 1. The summed E-state index contributed by atoms with van der Waals surface area (Å²) in [6.45, 7) is 1.47. The van der Waals surface area contributed by atoms with Crippen molar-refractivity contribution >= 4 is 27.1 Å². The molecule has 0 fully saturated rings. The summed E-state index contributed by atoms with van der Waals surface area (Å²) in [5, 5.41) is 8.62. The molecule has 13 heavy (non-hydrogen) atoms. The van der Waals surface area contributed by atoms with E-state index >= 15 is 0 Å². The van der Waals surface area contributed by atoms with Crippen LogP contribution in [-0.2, 0) is 9.84 Å². The van der Waals surface area contributed by atoms with E-state index in [1.165, 1.54) is 6.92 Å². The zero-order chi connectivity index (χ0) is 10.2. The number of aromatic nitrogens is 1. The molecule has 0 amide bonds. The monoisotopic (exact) mass is 221 g/mol. The summed E-state index contributed by atoms with van der Waals surface area (Å²) in [7, 11) is -3.39. The van der Waals surface area contributed by atoms with Crippen molar-refractivity contribution in [1.29, 1.82) is 0 Å². The maximum atomic E-state index is 11.0. The molecule has 7 heteroatoms. The molecule has 1 rings (SSSR count). The highest BCUT2D eigenvalue weighted by Gasteiger charge is 2.19. The van der Waals surface area contributed by atoms with Crippen LogP contribution in [0.25, 0.3) is 0 Å². The first kappa shape index (κ1) is 10.1. The Morgan fingerprint density at radius 3 is 2.31 bits per heavy atom. The maximum absolute atomic E-state index is 11.0. The Morgan fingerprint density at radius 2 is 2.08 bits per heavy atom. The largest absolute Gasteiger partial charge is 0.477 e. The molecule has 0 saturated carbocycles. The zero-order valence-corrected chi connectivity index (χ0v) is 8.57. The molecule has 0 radical (unpaired) electrons. The van der Waals surface area contributed by atoms with Crippen molar-refractivity contribution in [2.75, 3.05) is 6.26 Å². The van der Waals surface area contributed by atoms with Gasteiger partial charge in [0.1, 0.15) is 4.88 Å². The molecule has 1 aromatic rings. The lowest BCUT2D eigenvalue weighted by Crippen LogP contribution is -1.95. The zero-order valence-electron chi connectivity index (χ0n) is 6.94. The Kier molecular flexibility index (Phi) is 2.40. The highest BCUT2D eigenvalue weighted by Crippen LogP contribution is 2.21. The third-order valence-electron chi connectivity index (χ3n) is 1.29. The van der Waals surface area contributed by atoms with Gasteiger partial charge in [0.05, 0.1) is 5.69 Å². The molecule has 0 unspecified atom stereocenters. The summed E-state index contributed by atoms with van der Waals surface area (Å²) < 4.78 is 21.8. The molecule has 0 saturated heterocycles. The number of carbonyl (C=O) groups is 1. The number of carboxylic acid groups (broad SMARTS) is 1. The van der Waals surface area contributed by atoms with Crippen molar-refractivity contribution in [2.24, 2.45) is 0 Å². The lowest BCUT2D eigenvalue weighted by atomic mass is 10.4. The first-order chi connectivity index (χ1) is 5.82. The van der Waals surface area contributed by atoms with Crippen LogP contribution in [0.4, 0.5) is 0 Å². The Labute approximate surface area is 79.0 Å². The van der Waals surface area contributed by atoms with Crippen LogP contribution in [0.15, 0.2) is 4.34 Å². The van der Waals surface area contributed by atoms with Gasteiger partial charge in [0.2, 0.25) is 14.2 Å². The van der Waals surface area contributed by atoms with Crippen LogP contribution in [0.3, 0.4) is 0 Å². The second-order valence-electron chi connectivity index (χ2n) is 2.47. The number of aryl methyl sites for hydroxylation is 1. The normalized spacial score (nSPS) is 11.5. The molecular weight excluding hydrogens is 214 g/mol. The standard InChI is InChI=1S/C6H7NO4S2/c1-3-4(5(8)9)12-6(7-3)13(2,10)11/h1-2H3,(H,8,9). The summed E-state index contributed by atoms with van der Waals surface area (Å²) in [4.78, 5) is 14.2. The summed E-state index contributed by atoms with van der Waals surface area (Å²) in [5.41, 5.74) is 0.234. The van der Waals surface area contributed by atoms with Crippen LogP contribution in [-0.4, -0.2) is 30.7 Å². The van der Waals surface area contributed by atoms with Crippen LogP contribution >= 0.6 is 11.3 Å². The van der Waals surface area contributed by atoms with Gasteiger partial charge in [-0.05, 0) is 6.92 Å². The minimum absolute atomic E-state index is 0.0274. The summed E-state index contributed by atoms with van der Waals surface area (Å²) in [6, 6.07) is 0. The SMILES string of the molecule is Cc1nc(S(C)(=O)=O)sc1C(=O)O. The van der Waals surface area contributed by atoms with E-state index in [9.17, 15) is 13.2 Å². The molecule has 1 heterocycles. The predicted molar refractivity (Wildman–Crippen MR) is 46.9 cm³/mol. The van der Waals surface area contributed by atoms with Crippen molar-refractivity contribution in [3.8, 4) is 0 Å². The third kappa shape index (κ3) is 2.04. The minimum Gasteiger partial charge on any atom is -0.477 e. The van der Waals surface area contributed by atoms with Crippen LogP contribution in [0, 0.1) is 6.92 Å². The summed E-state index contributed by atoms with van der Waals surface area (Å²) >= 11 is 0.676. The fraction of sp³-hybridized carbons (Fsp3) is 0.333. The van der Waals surface area contributed by atoms with Gasteiger partial charge in [0.15, 0.2) is 0 Å². The smallest absolute Gasteiger partial charge is 0.347 e. The Balaban J connectivity index is 3.33. The molecule has 0 bridgehead atoms. The molecular formula is C6H7NO4S2. The van der Waals surface area contributed by atoms with E-state index in [1.54, 1.807) is 0 Å². The quantitative estimate of drug-likeness (QED) is 0.788. The Bertz CT molecular complexity index is 445. The molecule has 1 N–H and O–H groups in total. The topological polar surface area (TPSA) is 84.3 Å². The van der Waals surface area contributed by atoms with Gasteiger partial charge in [-0.1, -0.05) is 11.3 Å². The number of sulfone groups is 1. The number of thiazole rings is 1. The van der Waals surface area contributed by atoms with Gasteiger partial charge in [0.25, 0.3) is 0 Å². The predicted octanol–water partition coefficient (Wildman–Crippen LogP) is 0.553. The van der Waals surface area contributed by atoms with Gasteiger partial charge < -0.3 is 5.11 Å². The highest BCUT2D eigenvalue weighted by atomic mass is 32.2. The van der Waals surface area contributed by atoms with Crippen LogP contribution in [0.1, 0.15) is 15.4 Å². The number of hydrogen-bond acceptors (Lipinski definition) is 5. The maximum Gasteiger partial charge on any atom is 0.347 e. The highest BCUT2D eigenvalue weighted by molar-refractivity contribution is 7.92. The lowest BCUT2D eigenvalue weighted by Gasteiger charge is -1.85. The van der Waals surface area contributed by atoms with Crippen LogP contribution in [0.2, 0.25) is 0 Å². The molecule has 5 nitrogen and oxygen atoms in total. The summed E-state index contributed by atoms with van der Waals surface area (Å²) in [5.74, 6) is -1.15. The fourth-order valence-electron chi connectivity index (χ4n) is 0.729. The average molecular weight is 221 g/mol. The van der Waals surface area contributed by atoms with Crippen LogP contribution in [0.5, 0.6) is 0 Å². The van der Waals surface area contributed by atoms with Crippen molar-refractivity contribution in [1.82, 2.24) is 4.98 Å². The molecule has 72 valence electrons. The van der Waals surface area contributed by atoms with E-state index in [0.717, 1.165) is 6.26 Å². The molecule has 0 aliphatic rings. The minimum atomic E-state index is -3.39. The van der Waals surface area contributed by atoms with E-state index < -0.39 is 15.8 Å². The first-order valence-corrected chi connectivity index (χ1v) is 5.94. The van der Waals surface area contributed by atoms with E-state index in [1.807, 2.05) is 0 Å². The van der Waals surface area contributed by atoms with Gasteiger partial charge >= 0.3 is 5.97 Å². The lowest BCUT2D eigenvalue weighted by molar-refractivity contribution is 0.0701. The Morgan fingerprint density at radius 1 is 1.54 bits per heavy atom. The number of carboxylic acids is 1. The van der Waals surface area contributed by atoms with E-state index in [0.29, 0.717) is 11.3 Å². The summed E-state index contributed by atoms with van der Waals surface area (Å²) in [6.07, 6.45) is 0.997. The molecule has 1 aromatic heterocycles. The van der Waals surface area contributed by atoms with Gasteiger partial charge in [-0.15, -0.1) is 0 Å². The van der Waals surface area contributed by atoms with Crippen molar-refractivity contribution in [3.05, 3.63) is 10.6 Å². The average Bonchev–Trinajstić information content (AvgIpc) is 2.29. The molecule has 0 aliphatic carbocycles. The van der Waals surface area contributed by atoms with Gasteiger partial charge in [-0.3, -0.25) is 0 Å². The van der Waals surface area contributed by atoms with E-state index in [4.69, 9.17) is 5.11 Å². The first-order valence-electron chi connectivity index (χ1n) is 3.23. The van der Waals surface area contributed by atoms with Gasteiger partial charge in [0, 0.05) is 6.26 Å². The van der Waals surface area contributed by atoms with Crippen molar-refractivity contribution in [3.63, 3.8) is 0 Å². The van der Waals surface area contributed by atoms with E-state index in [2.05, 4.69) is 4.98 Å². The van der Waals surface area contributed by atoms with Gasteiger partial charge in [-0.2, -0.15) is 0 Å². The molecule has 0 aliphatic heterocycles. The second-order valence-corrected chi connectivity index (χ2v) is 5.66. The second kappa shape index (κ2) is 3.08. The fourth-order valence-corrected chi connectivity index (χ4v) is 2.52. The molecule has 0 atom stereocenters. The molecule has 0 spiro atoms. The van der Waals surface area contributed by atoms with Gasteiger partial charge in [-0.25, -0.2) is 18.2 Å². The number of nitrogens with zero attached hydrogens (tertiary/aromatic N) is 1. The van der Waals surface area contributed by atoms with E-state index in [-0.39, 0.29) is 14.9 Å². The Hall–Kier alpha value is -0.950. The number of rotatable bonds is 2. The van der Waals surface area contributed by atoms with Crippen molar-refractivity contribution in [2.45, 2.75) is 11.3 Å². The van der Waals surface area contributed by atoms with Crippen LogP contribution < -0.4 is 0 Å². The third-order valence-corrected chi connectivity index (χ3v) is 4.11. The number of aromatic carboxylic acids is 1.